The van der Waals surface area contributed by atoms with E-state index in [1.54, 1.807) is 56.3 Å². The van der Waals surface area contributed by atoms with Gasteiger partial charge in [0, 0.05) is 16.7 Å². The van der Waals surface area contributed by atoms with Crippen LogP contribution in [-0.4, -0.2) is 19.1 Å². The predicted molar refractivity (Wildman–Crippen MR) is 127 cm³/mol. The van der Waals surface area contributed by atoms with Crippen LogP contribution in [0.2, 0.25) is 0 Å². The molecule has 5 aromatic rings. The number of hydrogen-bond donors (Lipinski definition) is 1. The molecule has 0 bridgehead atoms. The smallest absolute Gasteiger partial charge is 0.187 e. The molecule has 3 aromatic carbocycles. The van der Waals surface area contributed by atoms with Gasteiger partial charge in [0.15, 0.2) is 22.6 Å². The van der Waals surface area contributed by atoms with Gasteiger partial charge in [-0.05, 0) is 80.1 Å². The van der Waals surface area contributed by atoms with Crippen LogP contribution in [0.5, 0.6) is 0 Å². The van der Waals surface area contributed by atoms with E-state index >= 15 is 0 Å². The van der Waals surface area contributed by atoms with E-state index in [0.29, 0.717) is 56.3 Å². The summed E-state index contributed by atoms with van der Waals surface area (Å²) in [6, 6.07) is 16.5. The highest BCUT2D eigenvalue weighted by molar-refractivity contribution is 7.79. The molecule has 0 spiro atoms. The third-order valence-electron chi connectivity index (χ3n) is 5.66. The first kappa shape index (κ1) is 22.8. The number of rotatable bonds is 5. The Kier molecular flexibility index (Phi) is 5.88. The number of hydrogen-bond acceptors (Lipinski definition) is 5. The van der Waals surface area contributed by atoms with Crippen molar-refractivity contribution < 1.29 is 26.6 Å². The van der Waals surface area contributed by atoms with Gasteiger partial charge in [-0.25, -0.2) is 13.0 Å². The molecule has 1 unspecified atom stereocenters. The highest BCUT2D eigenvalue weighted by atomic mass is 32.2. The number of aromatic nitrogens is 2. The summed E-state index contributed by atoms with van der Waals surface area (Å²) in [6.07, 6.45) is 0. The molecule has 35 heavy (non-hydrogen) atoms. The van der Waals surface area contributed by atoms with Gasteiger partial charge < -0.3 is 13.6 Å². The lowest BCUT2D eigenvalue weighted by Crippen LogP contribution is -1.96. The average molecular weight is 493 g/mol. The fraction of sp³-hybridized carbons (Fsp3) is 0.0769. The van der Waals surface area contributed by atoms with Gasteiger partial charge in [0.25, 0.3) is 0 Å². The number of halogens is 2. The summed E-state index contributed by atoms with van der Waals surface area (Å²) in [5.74, 6) is 0.000987. The Labute approximate surface area is 201 Å². The zero-order valence-electron chi connectivity index (χ0n) is 18.6. The molecule has 0 fully saturated rings. The Morgan fingerprint density at radius 2 is 1.17 bits per heavy atom. The van der Waals surface area contributed by atoms with Gasteiger partial charge in [0.2, 0.25) is 0 Å². The van der Waals surface area contributed by atoms with Gasteiger partial charge >= 0.3 is 0 Å². The number of aryl methyl sites for hydroxylation is 2. The van der Waals surface area contributed by atoms with E-state index < -0.39 is 16.9 Å². The van der Waals surface area contributed by atoms with Crippen LogP contribution >= 0.6 is 0 Å². The van der Waals surface area contributed by atoms with Crippen LogP contribution in [-0.2, 0) is 11.1 Å². The SMILES string of the molecule is Cc1noc(-c2ccc(F)cc2)c1-c1ccc(S(=O)O)c(-c2c(C)noc2-c2ccc(F)cc2)c1. The van der Waals surface area contributed by atoms with Crippen molar-refractivity contribution in [1.29, 1.82) is 0 Å². The van der Waals surface area contributed by atoms with E-state index in [4.69, 9.17) is 9.05 Å². The van der Waals surface area contributed by atoms with E-state index in [0.717, 1.165) is 0 Å². The van der Waals surface area contributed by atoms with Crippen LogP contribution in [0.1, 0.15) is 11.4 Å². The molecule has 5 rings (SSSR count). The first-order valence-electron chi connectivity index (χ1n) is 10.5. The van der Waals surface area contributed by atoms with Crippen molar-refractivity contribution in [1.82, 2.24) is 10.3 Å². The molecule has 0 saturated carbocycles. The first-order chi connectivity index (χ1) is 16.8. The van der Waals surface area contributed by atoms with Crippen LogP contribution in [0.25, 0.3) is 44.9 Å². The van der Waals surface area contributed by atoms with Gasteiger partial charge in [-0.2, -0.15) is 0 Å². The molecule has 0 radical (unpaired) electrons. The molecule has 0 saturated heterocycles. The summed E-state index contributed by atoms with van der Waals surface area (Å²) >= 11 is -2.32. The van der Waals surface area contributed by atoms with Gasteiger partial charge in [0.1, 0.15) is 11.6 Å². The van der Waals surface area contributed by atoms with Gasteiger partial charge in [-0.15, -0.1) is 0 Å². The van der Waals surface area contributed by atoms with E-state index in [9.17, 15) is 17.5 Å². The number of nitrogens with zero attached hydrogens (tertiary/aromatic N) is 2. The van der Waals surface area contributed by atoms with Crippen LogP contribution in [0, 0.1) is 25.5 Å². The summed E-state index contributed by atoms with van der Waals surface area (Å²) in [5.41, 5.74) is 4.54. The largest absolute Gasteiger partial charge is 0.355 e. The highest BCUT2D eigenvalue weighted by Gasteiger charge is 2.24. The van der Waals surface area contributed by atoms with Crippen molar-refractivity contribution in [3.8, 4) is 44.9 Å². The Bertz CT molecular complexity index is 1560. The zero-order chi connectivity index (χ0) is 24.7. The minimum Gasteiger partial charge on any atom is -0.355 e. The van der Waals surface area contributed by atoms with E-state index in [1.165, 1.54) is 24.3 Å². The molecular weight excluding hydrogens is 474 g/mol. The van der Waals surface area contributed by atoms with Gasteiger partial charge in [-0.3, -0.25) is 0 Å². The van der Waals surface area contributed by atoms with Gasteiger partial charge in [-0.1, -0.05) is 16.4 Å². The predicted octanol–water partition coefficient (Wildman–Crippen LogP) is 6.81. The summed E-state index contributed by atoms with van der Waals surface area (Å²) in [7, 11) is 0. The van der Waals surface area contributed by atoms with Crippen molar-refractivity contribution in [2.24, 2.45) is 0 Å². The minimum atomic E-state index is -2.32. The molecule has 0 aliphatic heterocycles. The highest BCUT2D eigenvalue weighted by Crippen LogP contribution is 2.42. The van der Waals surface area contributed by atoms with Crippen molar-refractivity contribution in [2.45, 2.75) is 18.7 Å². The molecule has 0 aliphatic rings. The molecule has 1 atom stereocenters. The Morgan fingerprint density at radius 3 is 1.69 bits per heavy atom. The van der Waals surface area contributed by atoms with Crippen molar-refractivity contribution in [3.05, 3.63) is 89.8 Å². The second-order valence-corrected chi connectivity index (χ2v) is 8.86. The Morgan fingerprint density at radius 1 is 0.714 bits per heavy atom. The standard InChI is InChI=1S/C26H18F2N2O4S/c1-14-23(25(33-29-14)16-3-8-19(27)9-4-16)18-7-12-22(35(31)32)21(13-18)24-15(2)30-34-26(24)17-5-10-20(28)11-6-17/h3-13H,1-2H3,(H,31,32). The first-order valence-corrected chi connectivity index (χ1v) is 11.6. The maximum atomic E-state index is 13.5. The topological polar surface area (TPSA) is 89.4 Å². The molecule has 176 valence electrons. The second kappa shape index (κ2) is 9.01. The molecule has 6 nitrogen and oxygen atoms in total. The van der Waals surface area contributed by atoms with Crippen molar-refractivity contribution >= 4 is 11.1 Å². The summed E-state index contributed by atoms with van der Waals surface area (Å²) in [5, 5.41) is 8.15. The van der Waals surface area contributed by atoms with Gasteiger partial charge in [0.05, 0.1) is 27.4 Å². The fourth-order valence-electron chi connectivity index (χ4n) is 4.03. The van der Waals surface area contributed by atoms with Crippen molar-refractivity contribution in [2.75, 3.05) is 0 Å². The molecule has 9 heteroatoms. The number of benzene rings is 3. The maximum Gasteiger partial charge on any atom is 0.187 e. The van der Waals surface area contributed by atoms with Crippen LogP contribution in [0.4, 0.5) is 8.78 Å². The maximum absolute atomic E-state index is 13.5. The van der Waals surface area contributed by atoms with Crippen LogP contribution < -0.4 is 0 Å². The third-order valence-corrected chi connectivity index (χ3v) is 6.40. The molecule has 0 aliphatic carbocycles. The molecule has 1 N–H and O–H groups in total. The summed E-state index contributed by atoms with van der Waals surface area (Å²) in [4.78, 5) is 0.154. The monoisotopic (exact) mass is 492 g/mol. The zero-order valence-corrected chi connectivity index (χ0v) is 19.4. The minimum absolute atomic E-state index is 0.154. The fourth-order valence-corrected chi connectivity index (χ4v) is 4.56. The second-order valence-electron chi connectivity index (χ2n) is 7.92. The lowest BCUT2D eigenvalue weighted by Gasteiger charge is -2.11. The average Bonchev–Trinajstić information content (AvgIpc) is 3.42. The van der Waals surface area contributed by atoms with E-state index in [1.807, 2.05) is 0 Å². The van der Waals surface area contributed by atoms with Crippen LogP contribution in [0.3, 0.4) is 0 Å². The molecular formula is C26H18F2N2O4S. The quantitative estimate of drug-likeness (QED) is 0.271. The normalized spacial score (nSPS) is 12.1. The molecule has 0 amide bonds. The lowest BCUT2D eigenvalue weighted by atomic mass is 9.94. The Hall–Kier alpha value is -3.95. The molecule has 2 aromatic heterocycles. The summed E-state index contributed by atoms with van der Waals surface area (Å²) < 4.78 is 60.4. The van der Waals surface area contributed by atoms with Crippen molar-refractivity contribution in [3.63, 3.8) is 0 Å². The van der Waals surface area contributed by atoms with E-state index in [2.05, 4.69) is 10.3 Å². The van der Waals surface area contributed by atoms with Crippen LogP contribution in [0.15, 0.2) is 80.7 Å². The Balaban J connectivity index is 1.72. The van der Waals surface area contributed by atoms with E-state index in [-0.39, 0.29) is 10.7 Å². The molecule has 2 heterocycles. The third kappa shape index (κ3) is 4.20. The lowest BCUT2D eigenvalue weighted by molar-refractivity contribution is 0.427. The summed E-state index contributed by atoms with van der Waals surface area (Å²) in [6.45, 7) is 3.50.